The summed E-state index contributed by atoms with van der Waals surface area (Å²) < 4.78 is 20.7. The largest absolute Gasteiger partial charge is 0.372 e. The van der Waals surface area contributed by atoms with Gasteiger partial charge in [-0.3, -0.25) is 4.79 Å². The van der Waals surface area contributed by atoms with Gasteiger partial charge in [-0.15, -0.1) is 5.10 Å². The fraction of sp³-hybridized carbons (Fsp3) is 0.350. The molecule has 10 heteroatoms. The van der Waals surface area contributed by atoms with Gasteiger partial charge in [0.25, 0.3) is 5.91 Å². The zero-order valence-electron chi connectivity index (χ0n) is 16.6. The lowest BCUT2D eigenvalue weighted by Gasteiger charge is -2.35. The Kier molecular flexibility index (Phi) is 6.05. The fourth-order valence-electron chi connectivity index (χ4n) is 3.37. The molecule has 0 aliphatic carbocycles. The number of carbonyl (C=O) groups excluding carboxylic acids is 1. The van der Waals surface area contributed by atoms with Crippen molar-refractivity contribution in [2.24, 2.45) is 0 Å². The van der Waals surface area contributed by atoms with E-state index in [-0.39, 0.29) is 29.6 Å². The third kappa shape index (κ3) is 4.49. The molecule has 4 rings (SSSR count). The van der Waals surface area contributed by atoms with Crippen molar-refractivity contribution in [1.82, 2.24) is 29.9 Å². The molecule has 1 aliphatic rings. The number of nitrogens with zero attached hydrogens (tertiary/aromatic N) is 6. The maximum absolute atomic E-state index is 13.4. The van der Waals surface area contributed by atoms with Gasteiger partial charge in [0.1, 0.15) is 5.82 Å². The minimum atomic E-state index is -0.347. The minimum absolute atomic E-state index is 0.0552. The fourth-order valence-corrected chi connectivity index (χ4v) is 4.17. The molecule has 1 fully saturated rings. The number of carbonyl (C=O) groups is 1. The second kappa shape index (κ2) is 8.88. The van der Waals surface area contributed by atoms with Crippen molar-refractivity contribution in [3.05, 3.63) is 59.9 Å². The summed E-state index contributed by atoms with van der Waals surface area (Å²) in [5.74, 6) is -0.166. The lowest BCUT2D eigenvalue weighted by molar-refractivity contribution is -0.0587. The van der Waals surface area contributed by atoms with Crippen LogP contribution >= 0.6 is 11.8 Å². The summed E-state index contributed by atoms with van der Waals surface area (Å²) in [6.45, 7) is 4.85. The molecule has 1 amide bonds. The van der Waals surface area contributed by atoms with E-state index >= 15 is 0 Å². The van der Waals surface area contributed by atoms with Crippen molar-refractivity contribution in [2.75, 3.05) is 13.1 Å². The van der Waals surface area contributed by atoms with Gasteiger partial charge < -0.3 is 9.64 Å². The third-order valence-electron chi connectivity index (χ3n) is 4.62. The van der Waals surface area contributed by atoms with E-state index < -0.39 is 0 Å². The predicted octanol–water partition coefficient (Wildman–Crippen LogP) is 2.74. The van der Waals surface area contributed by atoms with E-state index in [1.165, 1.54) is 23.9 Å². The molecule has 1 aromatic carbocycles. The Hall–Kier alpha value is -2.85. The zero-order chi connectivity index (χ0) is 21.1. The van der Waals surface area contributed by atoms with Gasteiger partial charge in [-0.05, 0) is 44.2 Å². The molecule has 8 nitrogen and oxygen atoms in total. The van der Waals surface area contributed by atoms with Crippen molar-refractivity contribution in [2.45, 2.75) is 37.0 Å². The molecule has 0 radical (unpaired) electrons. The smallest absolute Gasteiger partial charge is 0.276 e. The number of rotatable bonds is 5. The maximum atomic E-state index is 13.4. The molecule has 2 atom stereocenters. The van der Waals surface area contributed by atoms with E-state index in [1.54, 1.807) is 40.2 Å². The van der Waals surface area contributed by atoms with Crippen LogP contribution in [0.4, 0.5) is 4.39 Å². The SMILES string of the molecule is CC1CN(C(=O)c2nnn(-c3ccc(F)cc3)c2CSc2ncccn2)CC(C)O1. The number of thioether (sulfide) groups is 1. The van der Waals surface area contributed by atoms with Crippen LogP contribution in [0.1, 0.15) is 30.0 Å². The molecule has 2 unspecified atom stereocenters. The van der Waals surface area contributed by atoms with Gasteiger partial charge in [-0.2, -0.15) is 0 Å². The van der Waals surface area contributed by atoms with E-state index in [2.05, 4.69) is 20.3 Å². The highest BCUT2D eigenvalue weighted by Crippen LogP contribution is 2.24. The molecule has 1 saturated heterocycles. The molecule has 156 valence electrons. The van der Waals surface area contributed by atoms with E-state index in [0.717, 1.165) is 0 Å². The highest BCUT2D eigenvalue weighted by molar-refractivity contribution is 7.98. The van der Waals surface area contributed by atoms with Crippen LogP contribution in [0.15, 0.2) is 47.9 Å². The van der Waals surface area contributed by atoms with Crippen molar-refractivity contribution in [3.63, 3.8) is 0 Å². The van der Waals surface area contributed by atoms with Gasteiger partial charge in [-0.25, -0.2) is 19.0 Å². The number of morpholine rings is 1. The van der Waals surface area contributed by atoms with Crippen molar-refractivity contribution in [3.8, 4) is 5.69 Å². The molecule has 2 aromatic heterocycles. The molecule has 30 heavy (non-hydrogen) atoms. The maximum Gasteiger partial charge on any atom is 0.276 e. The topological polar surface area (TPSA) is 86.0 Å². The Balaban J connectivity index is 1.67. The highest BCUT2D eigenvalue weighted by atomic mass is 32.2. The normalized spacial score (nSPS) is 19.1. The van der Waals surface area contributed by atoms with Crippen LogP contribution in [-0.2, 0) is 10.5 Å². The molecule has 0 saturated carbocycles. The second-order valence-corrected chi connectivity index (χ2v) is 8.00. The number of amides is 1. The van der Waals surface area contributed by atoms with Crippen LogP contribution in [0.25, 0.3) is 5.69 Å². The van der Waals surface area contributed by atoms with Crippen LogP contribution in [-0.4, -0.2) is 61.1 Å². The van der Waals surface area contributed by atoms with Crippen LogP contribution in [0.2, 0.25) is 0 Å². The van der Waals surface area contributed by atoms with Crippen molar-refractivity contribution < 1.29 is 13.9 Å². The Morgan fingerprint density at radius 1 is 1.17 bits per heavy atom. The second-order valence-electron chi connectivity index (χ2n) is 7.06. The predicted molar refractivity (Wildman–Crippen MR) is 109 cm³/mol. The number of ether oxygens (including phenoxy) is 1. The van der Waals surface area contributed by atoms with Gasteiger partial charge in [0.15, 0.2) is 10.9 Å². The van der Waals surface area contributed by atoms with Crippen LogP contribution in [0.5, 0.6) is 0 Å². The number of hydrogen-bond acceptors (Lipinski definition) is 7. The average molecular weight is 428 g/mol. The number of aromatic nitrogens is 5. The molecule has 3 heterocycles. The number of benzene rings is 1. The van der Waals surface area contributed by atoms with E-state index in [9.17, 15) is 9.18 Å². The van der Waals surface area contributed by atoms with Gasteiger partial charge >= 0.3 is 0 Å². The summed E-state index contributed by atoms with van der Waals surface area (Å²) in [7, 11) is 0. The Labute approximate surface area is 177 Å². The molecule has 0 bridgehead atoms. The summed E-state index contributed by atoms with van der Waals surface area (Å²) >= 11 is 1.38. The standard InChI is InChI=1S/C20H21FN6O2S/c1-13-10-26(11-14(2)29-13)19(28)18-17(12-30-20-22-8-3-9-23-20)27(25-24-18)16-6-4-15(21)5-7-16/h3-9,13-14H,10-12H2,1-2H3. The van der Waals surface area contributed by atoms with E-state index in [4.69, 9.17) is 4.74 Å². The average Bonchev–Trinajstić information content (AvgIpc) is 3.16. The third-order valence-corrected chi connectivity index (χ3v) is 5.51. The monoisotopic (exact) mass is 428 g/mol. The first-order chi connectivity index (χ1) is 14.5. The number of hydrogen-bond donors (Lipinski definition) is 0. The molecule has 0 spiro atoms. The van der Waals surface area contributed by atoms with Gasteiger partial charge in [0.05, 0.1) is 23.6 Å². The molecular formula is C20H21FN6O2S. The van der Waals surface area contributed by atoms with E-state index in [1.807, 2.05) is 13.8 Å². The van der Waals surface area contributed by atoms with Crippen LogP contribution < -0.4 is 0 Å². The molecule has 0 N–H and O–H groups in total. The Morgan fingerprint density at radius 2 is 1.83 bits per heavy atom. The summed E-state index contributed by atoms with van der Waals surface area (Å²) in [6, 6.07) is 7.64. The summed E-state index contributed by atoms with van der Waals surface area (Å²) in [5.41, 5.74) is 1.50. The highest BCUT2D eigenvalue weighted by Gasteiger charge is 2.31. The lowest BCUT2D eigenvalue weighted by atomic mass is 10.2. The Bertz CT molecular complexity index is 1000. The minimum Gasteiger partial charge on any atom is -0.372 e. The van der Waals surface area contributed by atoms with Gasteiger partial charge in [0, 0.05) is 31.2 Å². The summed E-state index contributed by atoms with van der Waals surface area (Å²) in [4.78, 5) is 23.5. The lowest BCUT2D eigenvalue weighted by Crippen LogP contribution is -2.48. The molecule has 3 aromatic rings. The molecule has 1 aliphatic heterocycles. The first-order valence-electron chi connectivity index (χ1n) is 9.56. The summed E-state index contributed by atoms with van der Waals surface area (Å²) in [5, 5.41) is 8.96. The van der Waals surface area contributed by atoms with Crippen molar-refractivity contribution in [1.29, 1.82) is 0 Å². The molecular weight excluding hydrogens is 407 g/mol. The van der Waals surface area contributed by atoms with E-state index in [0.29, 0.717) is 35.4 Å². The summed E-state index contributed by atoms with van der Waals surface area (Å²) in [6.07, 6.45) is 3.21. The van der Waals surface area contributed by atoms with Crippen LogP contribution in [0, 0.1) is 5.82 Å². The quantitative estimate of drug-likeness (QED) is 0.456. The first kappa shape index (κ1) is 20.4. The zero-order valence-corrected chi connectivity index (χ0v) is 17.4. The van der Waals surface area contributed by atoms with Gasteiger partial charge in [-0.1, -0.05) is 17.0 Å². The Morgan fingerprint density at radius 3 is 2.50 bits per heavy atom. The van der Waals surface area contributed by atoms with Crippen molar-refractivity contribution >= 4 is 17.7 Å². The van der Waals surface area contributed by atoms with Gasteiger partial charge in [0.2, 0.25) is 0 Å². The number of halogens is 1. The van der Waals surface area contributed by atoms with Crippen LogP contribution in [0.3, 0.4) is 0 Å². The first-order valence-corrected chi connectivity index (χ1v) is 10.5.